The standard InChI is InChI=1S/C22H30NO6P/c23-22(16-24,17-29-30(26,27)28)15-14-19-10-12-20(13-11-19)21(25)9-5-4-8-18-6-2-1-3-7-18/h1-3,6-7,10-13,24H,4-5,8-9,14-17,23H2,(H2,26,27,28). The first-order valence-electron chi connectivity index (χ1n) is 9.97. The fourth-order valence-electron chi connectivity index (χ4n) is 3.06. The Kier molecular flexibility index (Phi) is 9.37. The van der Waals surface area contributed by atoms with Gasteiger partial charge in [-0.2, -0.15) is 0 Å². The number of unbranched alkanes of at least 4 members (excludes halogenated alkanes) is 1. The van der Waals surface area contributed by atoms with Crippen LogP contribution in [0.5, 0.6) is 0 Å². The van der Waals surface area contributed by atoms with E-state index in [4.69, 9.17) is 15.5 Å². The van der Waals surface area contributed by atoms with E-state index in [-0.39, 0.29) is 12.2 Å². The molecule has 0 aliphatic heterocycles. The van der Waals surface area contributed by atoms with E-state index in [1.54, 1.807) is 12.1 Å². The Hall–Kier alpha value is -1.86. The Morgan fingerprint density at radius 1 is 0.967 bits per heavy atom. The predicted molar refractivity (Wildman–Crippen MR) is 115 cm³/mol. The van der Waals surface area contributed by atoms with E-state index in [0.29, 0.717) is 18.4 Å². The molecule has 8 heteroatoms. The van der Waals surface area contributed by atoms with Gasteiger partial charge in [-0.05, 0) is 43.2 Å². The second kappa shape index (κ2) is 11.5. The van der Waals surface area contributed by atoms with E-state index in [1.165, 1.54) is 5.56 Å². The molecular weight excluding hydrogens is 405 g/mol. The number of Topliss-reactive ketones (excluding diaryl/α,β-unsaturated/α-hetero) is 1. The van der Waals surface area contributed by atoms with Gasteiger partial charge in [0, 0.05) is 12.0 Å². The molecule has 0 saturated carbocycles. The highest BCUT2D eigenvalue weighted by molar-refractivity contribution is 7.46. The summed E-state index contributed by atoms with van der Waals surface area (Å²) in [5.74, 6) is 0.105. The van der Waals surface area contributed by atoms with Gasteiger partial charge in [0.15, 0.2) is 5.78 Å². The molecule has 0 aliphatic carbocycles. The average Bonchev–Trinajstić information content (AvgIpc) is 2.74. The highest BCUT2D eigenvalue weighted by atomic mass is 31.2. The predicted octanol–water partition coefficient (Wildman–Crippen LogP) is 3.01. The highest BCUT2D eigenvalue weighted by Crippen LogP contribution is 2.36. The second-order valence-corrected chi connectivity index (χ2v) is 8.84. The van der Waals surface area contributed by atoms with Gasteiger partial charge in [0.2, 0.25) is 0 Å². The number of phosphoric ester groups is 1. The SMILES string of the molecule is NC(CO)(CCc1ccc(C(=O)CCCCc2ccccc2)cc1)COP(=O)(O)O. The first-order valence-corrected chi connectivity index (χ1v) is 11.5. The van der Waals surface area contributed by atoms with Crippen LogP contribution in [0.3, 0.4) is 0 Å². The smallest absolute Gasteiger partial charge is 0.394 e. The van der Waals surface area contributed by atoms with E-state index in [0.717, 1.165) is 24.8 Å². The normalized spacial score (nSPS) is 13.7. The zero-order chi connectivity index (χ0) is 22.0. The van der Waals surface area contributed by atoms with Crippen molar-refractivity contribution in [1.82, 2.24) is 0 Å². The fourth-order valence-corrected chi connectivity index (χ4v) is 3.49. The number of nitrogens with two attached hydrogens (primary N) is 1. The van der Waals surface area contributed by atoms with Crippen molar-refractivity contribution in [2.75, 3.05) is 13.2 Å². The van der Waals surface area contributed by atoms with Crippen molar-refractivity contribution < 1.29 is 28.8 Å². The summed E-state index contributed by atoms with van der Waals surface area (Å²) in [5, 5.41) is 9.45. The zero-order valence-electron chi connectivity index (χ0n) is 16.9. The molecule has 0 aliphatic rings. The van der Waals surface area contributed by atoms with Crippen molar-refractivity contribution in [3.05, 3.63) is 71.3 Å². The number of aryl methyl sites for hydroxylation is 2. The maximum Gasteiger partial charge on any atom is 0.469 e. The number of hydrogen-bond acceptors (Lipinski definition) is 5. The van der Waals surface area contributed by atoms with Crippen molar-refractivity contribution in [2.24, 2.45) is 5.73 Å². The number of hydrogen-bond donors (Lipinski definition) is 4. The minimum absolute atomic E-state index is 0.105. The molecule has 2 rings (SSSR count). The summed E-state index contributed by atoms with van der Waals surface area (Å²) in [6.45, 7) is -0.917. The van der Waals surface area contributed by atoms with Crippen LogP contribution in [-0.4, -0.2) is 39.4 Å². The van der Waals surface area contributed by atoms with Gasteiger partial charge >= 0.3 is 7.82 Å². The molecule has 2 aromatic rings. The first-order chi connectivity index (χ1) is 14.2. The number of carbonyl (C=O) groups is 1. The van der Waals surface area contributed by atoms with Crippen molar-refractivity contribution in [3.63, 3.8) is 0 Å². The van der Waals surface area contributed by atoms with Gasteiger partial charge in [-0.25, -0.2) is 4.57 Å². The van der Waals surface area contributed by atoms with Gasteiger partial charge < -0.3 is 20.6 Å². The van der Waals surface area contributed by atoms with E-state index < -0.39 is 26.6 Å². The van der Waals surface area contributed by atoms with Gasteiger partial charge in [-0.1, -0.05) is 54.6 Å². The van der Waals surface area contributed by atoms with Gasteiger partial charge in [0.1, 0.15) is 0 Å². The lowest BCUT2D eigenvalue weighted by atomic mass is 9.93. The van der Waals surface area contributed by atoms with Gasteiger partial charge in [-0.15, -0.1) is 0 Å². The molecule has 164 valence electrons. The monoisotopic (exact) mass is 435 g/mol. The van der Waals surface area contributed by atoms with E-state index in [1.807, 2.05) is 30.3 Å². The van der Waals surface area contributed by atoms with Gasteiger partial charge in [-0.3, -0.25) is 9.32 Å². The molecule has 0 heterocycles. The molecule has 0 radical (unpaired) electrons. The van der Waals surface area contributed by atoms with Crippen LogP contribution in [0.4, 0.5) is 0 Å². The van der Waals surface area contributed by atoms with Crippen molar-refractivity contribution >= 4 is 13.6 Å². The summed E-state index contributed by atoms with van der Waals surface area (Å²) in [6, 6.07) is 17.4. The minimum atomic E-state index is -4.65. The summed E-state index contributed by atoms with van der Waals surface area (Å²) >= 11 is 0. The lowest BCUT2D eigenvalue weighted by molar-refractivity contribution is 0.0978. The largest absolute Gasteiger partial charge is 0.469 e. The summed E-state index contributed by atoms with van der Waals surface area (Å²) < 4.78 is 15.3. The Bertz CT molecular complexity index is 836. The summed E-state index contributed by atoms with van der Waals surface area (Å²) in [7, 11) is -4.65. The molecule has 1 atom stereocenters. The average molecular weight is 435 g/mol. The zero-order valence-corrected chi connectivity index (χ0v) is 17.8. The summed E-state index contributed by atoms with van der Waals surface area (Å²) in [4.78, 5) is 30.0. The third-order valence-corrected chi connectivity index (χ3v) is 5.45. The number of rotatable bonds is 13. The number of aliphatic hydroxyl groups is 1. The molecule has 0 spiro atoms. The number of benzene rings is 2. The van der Waals surface area contributed by atoms with Crippen LogP contribution in [-0.2, 0) is 21.9 Å². The molecule has 0 fully saturated rings. The Morgan fingerprint density at radius 3 is 2.20 bits per heavy atom. The second-order valence-electron chi connectivity index (χ2n) is 7.60. The molecule has 0 aromatic heterocycles. The molecule has 2 aromatic carbocycles. The molecule has 1 unspecified atom stereocenters. The maximum atomic E-state index is 12.4. The lowest BCUT2D eigenvalue weighted by Gasteiger charge is -2.27. The molecule has 5 N–H and O–H groups in total. The molecule has 30 heavy (non-hydrogen) atoms. The number of carbonyl (C=O) groups excluding carboxylic acids is 1. The van der Waals surface area contributed by atoms with Crippen LogP contribution in [0.1, 0.15) is 47.2 Å². The molecule has 0 saturated heterocycles. The van der Waals surface area contributed by atoms with Gasteiger partial charge in [0.05, 0.1) is 18.8 Å². The van der Waals surface area contributed by atoms with E-state index in [2.05, 4.69) is 16.7 Å². The minimum Gasteiger partial charge on any atom is -0.394 e. The van der Waals surface area contributed by atoms with Gasteiger partial charge in [0.25, 0.3) is 0 Å². The number of phosphoric acid groups is 1. The molecular formula is C22H30NO6P. The first kappa shape index (κ1) is 24.4. The number of aliphatic hydroxyl groups excluding tert-OH is 1. The van der Waals surface area contributed by atoms with Crippen LogP contribution >= 0.6 is 7.82 Å². The Labute approximate surface area is 177 Å². The quantitative estimate of drug-likeness (QED) is 0.216. The molecule has 0 bridgehead atoms. The van der Waals surface area contributed by atoms with E-state index >= 15 is 0 Å². The summed E-state index contributed by atoms with van der Waals surface area (Å²) in [6.07, 6.45) is 4.02. The van der Waals surface area contributed by atoms with E-state index in [9.17, 15) is 14.5 Å². The number of ketones is 1. The maximum absolute atomic E-state index is 12.4. The van der Waals surface area contributed by atoms with Crippen LogP contribution < -0.4 is 5.73 Å². The summed E-state index contributed by atoms with van der Waals surface area (Å²) in [5.41, 5.74) is 7.56. The van der Waals surface area contributed by atoms with Crippen LogP contribution in [0.15, 0.2) is 54.6 Å². The van der Waals surface area contributed by atoms with Crippen LogP contribution in [0, 0.1) is 0 Å². The van der Waals surface area contributed by atoms with Crippen molar-refractivity contribution in [1.29, 1.82) is 0 Å². The van der Waals surface area contributed by atoms with Crippen molar-refractivity contribution in [3.8, 4) is 0 Å². The molecule has 0 amide bonds. The third kappa shape index (κ3) is 8.88. The Morgan fingerprint density at radius 2 is 1.60 bits per heavy atom. The third-order valence-electron chi connectivity index (χ3n) is 4.98. The van der Waals surface area contributed by atoms with Crippen LogP contribution in [0.25, 0.3) is 0 Å². The highest BCUT2D eigenvalue weighted by Gasteiger charge is 2.28. The Balaban J connectivity index is 1.77. The molecule has 7 nitrogen and oxygen atoms in total. The van der Waals surface area contributed by atoms with Crippen molar-refractivity contribution in [2.45, 2.75) is 44.1 Å². The fraction of sp³-hybridized carbons (Fsp3) is 0.409. The topological polar surface area (TPSA) is 130 Å². The van der Waals surface area contributed by atoms with Crippen LogP contribution in [0.2, 0.25) is 0 Å². The lowest BCUT2D eigenvalue weighted by Crippen LogP contribution is -2.48.